The van der Waals surface area contributed by atoms with Crippen LogP contribution in [0.25, 0.3) is 10.2 Å². The number of aromatic nitrogens is 4. The summed E-state index contributed by atoms with van der Waals surface area (Å²) in [7, 11) is -3.28. The molecule has 4 rings (SSSR count). The number of para-hydroxylation sites is 1. The lowest BCUT2D eigenvalue weighted by atomic mass is 10.1. The van der Waals surface area contributed by atoms with Gasteiger partial charge in [0, 0.05) is 19.3 Å². The Bertz CT molecular complexity index is 927. The highest BCUT2D eigenvalue weighted by Crippen LogP contribution is 2.36. The lowest BCUT2D eigenvalue weighted by Crippen LogP contribution is -2.48. The molecule has 0 bridgehead atoms. The number of thiazole rings is 1. The van der Waals surface area contributed by atoms with Gasteiger partial charge in [-0.2, -0.15) is 15.0 Å². The molecule has 1 fully saturated rings. The third-order valence-electron chi connectivity index (χ3n) is 3.67. The standard InChI is InChI=1S/C13H13N5O2S2/c1-22(19,20)11-4-2-3-10-12(11)16-13(21-10)17-7-9(8-17)18-14-5-6-15-18/h2-6,9H,7-8H2,1H3. The van der Waals surface area contributed by atoms with Crippen molar-refractivity contribution in [1.29, 1.82) is 0 Å². The molecule has 114 valence electrons. The fourth-order valence-electron chi connectivity index (χ4n) is 2.52. The zero-order chi connectivity index (χ0) is 15.3. The predicted octanol–water partition coefficient (Wildman–Crippen LogP) is 1.35. The molecule has 0 saturated carbocycles. The van der Waals surface area contributed by atoms with E-state index in [0.717, 1.165) is 22.9 Å². The molecule has 0 unspecified atom stereocenters. The van der Waals surface area contributed by atoms with Crippen LogP contribution < -0.4 is 4.90 Å². The van der Waals surface area contributed by atoms with E-state index < -0.39 is 9.84 Å². The molecule has 3 aromatic rings. The smallest absolute Gasteiger partial charge is 0.186 e. The van der Waals surface area contributed by atoms with Gasteiger partial charge in [-0.1, -0.05) is 17.4 Å². The van der Waals surface area contributed by atoms with Crippen LogP contribution in [0, 0.1) is 0 Å². The highest BCUT2D eigenvalue weighted by atomic mass is 32.2. The van der Waals surface area contributed by atoms with Gasteiger partial charge in [0.05, 0.1) is 22.0 Å². The first-order valence-corrected chi connectivity index (χ1v) is 9.43. The quantitative estimate of drug-likeness (QED) is 0.719. The van der Waals surface area contributed by atoms with E-state index in [-0.39, 0.29) is 6.04 Å². The molecule has 0 amide bonds. The molecule has 3 heterocycles. The molecule has 0 N–H and O–H groups in total. The number of sulfone groups is 1. The molecule has 1 aromatic carbocycles. The minimum atomic E-state index is -3.28. The maximum Gasteiger partial charge on any atom is 0.186 e. The number of fused-ring (bicyclic) bond motifs is 1. The van der Waals surface area contributed by atoms with Crippen molar-refractivity contribution in [2.75, 3.05) is 24.2 Å². The second-order valence-electron chi connectivity index (χ2n) is 5.28. The van der Waals surface area contributed by atoms with E-state index >= 15 is 0 Å². The van der Waals surface area contributed by atoms with Gasteiger partial charge < -0.3 is 4.90 Å². The monoisotopic (exact) mass is 335 g/mol. The fraction of sp³-hybridized carbons (Fsp3) is 0.308. The van der Waals surface area contributed by atoms with Gasteiger partial charge in [0.25, 0.3) is 0 Å². The highest BCUT2D eigenvalue weighted by Gasteiger charge is 2.32. The van der Waals surface area contributed by atoms with Crippen molar-refractivity contribution in [3.05, 3.63) is 30.6 Å². The summed E-state index contributed by atoms with van der Waals surface area (Å²) < 4.78 is 24.6. The van der Waals surface area contributed by atoms with Crippen molar-refractivity contribution < 1.29 is 8.42 Å². The van der Waals surface area contributed by atoms with Gasteiger partial charge in [0.15, 0.2) is 15.0 Å². The van der Waals surface area contributed by atoms with Gasteiger partial charge in [-0.15, -0.1) is 0 Å². The SMILES string of the molecule is CS(=O)(=O)c1cccc2sc(N3CC(n4nccn4)C3)nc12. The highest BCUT2D eigenvalue weighted by molar-refractivity contribution is 7.91. The van der Waals surface area contributed by atoms with Crippen molar-refractivity contribution in [3.8, 4) is 0 Å². The van der Waals surface area contributed by atoms with Crippen LogP contribution >= 0.6 is 11.3 Å². The van der Waals surface area contributed by atoms with Gasteiger partial charge in [-0.25, -0.2) is 13.4 Å². The number of hydrogen-bond donors (Lipinski definition) is 0. The molecular weight excluding hydrogens is 322 g/mol. The first kappa shape index (κ1) is 13.6. The summed E-state index contributed by atoms with van der Waals surface area (Å²) in [5.74, 6) is 0. The van der Waals surface area contributed by atoms with E-state index in [9.17, 15) is 8.42 Å². The van der Waals surface area contributed by atoms with Crippen molar-refractivity contribution in [3.63, 3.8) is 0 Å². The first-order chi connectivity index (χ1) is 10.5. The van der Waals surface area contributed by atoms with Crippen LogP contribution in [-0.2, 0) is 9.84 Å². The topological polar surface area (TPSA) is 81.0 Å². The molecule has 0 radical (unpaired) electrons. The Hall–Kier alpha value is -2.00. The third-order valence-corrected chi connectivity index (χ3v) is 5.88. The molecule has 7 nitrogen and oxygen atoms in total. The van der Waals surface area contributed by atoms with Gasteiger partial charge >= 0.3 is 0 Å². The van der Waals surface area contributed by atoms with Crippen molar-refractivity contribution in [1.82, 2.24) is 20.0 Å². The maximum atomic E-state index is 11.8. The van der Waals surface area contributed by atoms with Crippen molar-refractivity contribution in [2.24, 2.45) is 0 Å². The second kappa shape index (κ2) is 4.75. The molecule has 2 aromatic heterocycles. The zero-order valence-corrected chi connectivity index (χ0v) is 13.4. The number of anilines is 1. The summed E-state index contributed by atoms with van der Waals surface area (Å²) in [6, 6.07) is 5.51. The van der Waals surface area contributed by atoms with Crippen LogP contribution in [-0.4, -0.2) is 47.7 Å². The molecule has 1 saturated heterocycles. The summed E-state index contributed by atoms with van der Waals surface area (Å²) in [4.78, 5) is 8.64. The lowest BCUT2D eigenvalue weighted by molar-refractivity contribution is 0.332. The van der Waals surface area contributed by atoms with E-state index in [1.54, 1.807) is 29.3 Å². The van der Waals surface area contributed by atoms with Crippen LogP contribution in [0.15, 0.2) is 35.5 Å². The van der Waals surface area contributed by atoms with Gasteiger partial charge in [-0.05, 0) is 12.1 Å². The van der Waals surface area contributed by atoms with E-state index in [0.29, 0.717) is 10.4 Å². The van der Waals surface area contributed by atoms with Crippen molar-refractivity contribution >= 4 is 36.5 Å². The van der Waals surface area contributed by atoms with E-state index in [1.165, 1.54) is 17.6 Å². The molecule has 9 heteroatoms. The van der Waals surface area contributed by atoms with Crippen LogP contribution in [0.2, 0.25) is 0 Å². The first-order valence-electron chi connectivity index (χ1n) is 6.73. The molecule has 1 aliphatic rings. The Morgan fingerprint density at radius 2 is 1.95 bits per heavy atom. The number of hydrogen-bond acceptors (Lipinski definition) is 7. The Morgan fingerprint density at radius 1 is 1.23 bits per heavy atom. The predicted molar refractivity (Wildman–Crippen MR) is 84.0 cm³/mol. The Balaban J connectivity index is 1.65. The van der Waals surface area contributed by atoms with Crippen LogP contribution in [0.1, 0.15) is 6.04 Å². The normalized spacial score (nSPS) is 16.1. The summed E-state index contributed by atoms with van der Waals surface area (Å²) in [5, 5.41) is 9.12. The minimum absolute atomic E-state index is 0.247. The van der Waals surface area contributed by atoms with E-state index in [4.69, 9.17) is 0 Å². The molecular formula is C13H13N5O2S2. The number of nitrogens with zero attached hydrogens (tertiary/aromatic N) is 5. The van der Waals surface area contributed by atoms with Crippen LogP contribution in [0.3, 0.4) is 0 Å². The molecule has 0 atom stereocenters. The van der Waals surface area contributed by atoms with Gasteiger partial charge in [0.1, 0.15) is 11.6 Å². The summed E-state index contributed by atoms with van der Waals surface area (Å²) >= 11 is 1.51. The molecule has 0 spiro atoms. The zero-order valence-electron chi connectivity index (χ0n) is 11.7. The second-order valence-corrected chi connectivity index (χ2v) is 8.27. The average molecular weight is 335 g/mol. The molecule has 0 aliphatic carbocycles. The Morgan fingerprint density at radius 3 is 2.64 bits per heavy atom. The number of benzene rings is 1. The van der Waals surface area contributed by atoms with Gasteiger partial charge in [-0.3, -0.25) is 0 Å². The summed E-state index contributed by atoms with van der Waals surface area (Å²) in [6.45, 7) is 1.56. The lowest BCUT2D eigenvalue weighted by Gasteiger charge is -2.37. The fourth-order valence-corrected chi connectivity index (χ4v) is 4.43. The van der Waals surface area contributed by atoms with E-state index in [1.807, 2.05) is 6.07 Å². The summed E-state index contributed by atoms with van der Waals surface area (Å²) in [5.41, 5.74) is 0.561. The third kappa shape index (κ3) is 2.17. The maximum absolute atomic E-state index is 11.8. The summed E-state index contributed by atoms with van der Waals surface area (Å²) in [6.07, 6.45) is 4.54. The van der Waals surface area contributed by atoms with Gasteiger partial charge in [0.2, 0.25) is 0 Å². The Labute approximate surface area is 131 Å². The largest absolute Gasteiger partial charge is 0.343 e. The van der Waals surface area contributed by atoms with Crippen molar-refractivity contribution in [2.45, 2.75) is 10.9 Å². The van der Waals surface area contributed by atoms with E-state index in [2.05, 4.69) is 20.1 Å². The van der Waals surface area contributed by atoms with Crippen LogP contribution in [0.4, 0.5) is 5.13 Å². The average Bonchev–Trinajstić information content (AvgIpc) is 3.03. The number of rotatable bonds is 3. The Kier molecular flexibility index (Phi) is 2.95. The minimum Gasteiger partial charge on any atom is -0.343 e. The van der Waals surface area contributed by atoms with Crippen LogP contribution in [0.5, 0.6) is 0 Å². The molecule has 1 aliphatic heterocycles. The molecule has 22 heavy (non-hydrogen) atoms.